The second kappa shape index (κ2) is 8.31. The van der Waals surface area contributed by atoms with Gasteiger partial charge in [-0.15, -0.1) is 0 Å². The molecule has 0 spiro atoms. The Morgan fingerprint density at radius 3 is 2.94 bits per heavy atom. The van der Waals surface area contributed by atoms with E-state index >= 15 is 0 Å². The summed E-state index contributed by atoms with van der Waals surface area (Å²) in [4.78, 5) is 18.8. The largest absolute Gasteiger partial charge is 0.444 e. The number of hydrogen-bond donors (Lipinski definition) is 2. The lowest BCUT2D eigenvalue weighted by molar-refractivity contribution is 0.000374. The van der Waals surface area contributed by atoms with Crippen LogP contribution >= 0.6 is 0 Å². The molecule has 0 unspecified atom stereocenters. The fourth-order valence-corrected chi connectivity index (χ4v) is 5.11. The van der Waals surface area contributed by atoms with Crippen LogP contribution in [0.2, 0.25) is 0 Å². The molecule has 2 bridgehead atoms. The van der Waals surface area contributed by atoms with E-state index in [0.29, 0.717) is 43.1 Å². The lowest BCUT2D eigenvalue weighted by Crippen LogP contribution is -2.51. The van der Waals surface area contributed by atoms with E-state index in [-0.39, 0.29) is 18.3 Å². The highest BCUT2D eigenvalue weighted by molar-refractivity contribution is 5.72. The number of hydrogen-bond acceptors (Lipinski definition) is 8. The topological polar surface area (TPSA) is 119 Å². The van der Waals surface area contributed by atoms with Gasteiger partial charge >= 0.3 is 6.09 Å². The van der Waals surface area contributed by atoms with E-state index in [4.69, 9.17) is 14.2 Å². The second-order valence-electron chi connectivity index (χ2n) is 9.18. The first-order valence-electron chi connectivity index (χ1n) is 11.4. The first-order chi connectivity index (χ1) is 16.1. The number of carbonyl (C=O) groups is 1. The third kappa shape index (κ3) is 4.02. The molecule has 0 radical (unpaired) electrons. The fourth-order valence-electron chi connectivity index (χ4n) is 5.11. The minimum Gasteiger partial charge on any atom is -0.444 e. The minimum atomic E-state index is -0.248. The van der Waals surface area contributed by atoms with E-state index in [1.807, 2.05) is 17.0 Å². The number of fused-ring (bicyclic) bond motifs is 3. The Bertz CT molecular complexity index is 1140. The SMILES string of the molecule is COCc1cc2c(Nc3cc([C@H]4C[C@@H](OC(=O)N5CC6CC(C6)C5)CO4)[nH]n3)nccn2n1. The average molecular weight is 454 g/mol. The zero-order valence-electron chi connectivity index (χ0n) is 18.4. The van der Waals surface area contributed by atoms with Crippen LogP contribution in [0.3, 0.4) is 0 Å². The monoisotopic (exact) mass is 453 g/mol. The molecule has 3 saturated heterocycles. The van der Waals surface area contributed by atoms with Crippen molar-refractivity contribution in [3.05, 3.63) is 35.9 Å². The molecule has 3 aromatic rings. The van der Waals surface area contributed by atoms with Crippen molar-refractivity contribution in [3.8, 4) is 0 Å². The third-order valence-corrected chi connectivity index (χ3v) is 6.70. The summed E-state index contributed by atoms with van der Waals surface area (Å²) in [6, 6.07) is 3.82. The Morgan fingerprint density at radius 2 is 2.12 bits per heavy atom. The van der Waals surface area contributed by atoms with Crippen LogP contribution in [0.1, 0.15) is 36.8 Å². The summed E-state index contributed by atoms with van der Waals surface area (Å²) in [5.74, 6) is 2.59. The molecule has 33 heavy (non-hydrogen) atoms. The number of H-pyrrole nitrogens is 1. The number of carbonyl (C=O) groups excluding carboxylic acids is 1. The van der Waals surface area contributed by atoms with Gasteiger partial charge in [0.15, 0.2) is 11.6 Å². The molecule has 3 aromatic heterocycles. The summed E-state index contributed by atoms with van der Waals surface area (Å²) in [7, 11) is 1.64. The first-order valence-corrected chi connectivity index (χ1v) is 11.4. The number of aromatic nitrogens is 5. The van der Waals surface area contributed by atoms with Gasteiger partial charge in [-0.1, -0.05) is 0 Å². The summed E-state index contributed by atoms with van der Waals surface area (Å²) in [6.07, 6.45) is 5.92. The number of anilines is 2. The molecule has 4 fully saturated rings. The van der Waals surface area contributed by atoms with E-state index in [1.165, 1.54) is 12.8 Å². The number of methoxy groups -OCH3 is 1. The van der Waals surface area contributed by atoms with Crippen LogP contribution in [0.4, 0.5) is 16.4 Å². The number of nitrogens with one attached hydrogen (secondary N) is 2. The molecular formula is C22H27N7O4. The minimum absolute atomic E-state index is 0.201. The molecule has 3 aliphatic heterocycles. The number of piperidine rings is 2. The molecule has 1 aliphatic carbocycles. The van der Waals surface area contributed by atoms with Gasteiger partial charge < -0.3 is 24.4 Å². The molecule has 11 heteroatoms. The van der Waals surface area contributed by atoms with Crippen LogP contribution in [-0.2, 0) is 20.8 Å². The number of rotatable bonds is 6. The Morgan fingerprint density at radius 1 is 1.27 bits per heavy atom. The zero-order valence-corrected chi connectivity index (χ0v) is 18.4. The van der Waals surface area contributed by atoms with Gasteiger partial charge in [-0.2, -0.15) is 10.2 Å². The van der Waals surface area contributed by atoms with E-state index in [1.54, 1.807) is 24.0 Å². The van der Waals surface area contributed by atoms with Gasteiger partial charge in [0.25, 0.3) is 0 Å². The second-order valence-corrected chi connectivity index (χ2v) is 9.18. The zero-order chi connectivity index (χ0) is 22.4. The van der Waals surface area contributed by atoms with Gasteiger partial charge in [0, 0.05) is 45.1 Å². The van der Waals surface area contributed by atoms with Gasteiger partial charge in [-0.25, -0.2) is 14.3 Å². The molecule has 7 rings (SSSR count). The maximum atomic E-state index is 12.5. The molecule has 4 aliphatic rings. The average Bonchev–Trinajstić information content (AvgIpc) is 3.53. The number of amides is 1. The van der Waals surface area contributed by atoms with Crippen LogP contribution in [0.25, 0.3) is 5.52 Å². The molecule has 6 heterocycles. The van der Waals surface area contributed by atoms with E-state index in [2.05, 4.69) is 25.6 Å². The summed E-state index contributed by atoms with van der Waals surface area (Å²) in [6.45, 7) is 2.47. The van der Waals surface area contributed by atoms with Crippen molar-refractivity contribution in [3.63, 3.8) is 0 Å². The van der Waals surface area contributed by atoms with Crippen molar-refractivity contribution in [1.29, 1.82) is 0 Å². The van der Waals surface area contributed by atoms with Gasteiger partial charge in [0.2, 0.25) is 0 Å². The maximum Gasteiger partial charge on any atom is 0.410 e. The lowest BCUT2D eigenvalue weighted by atomic mass is 9.71. The molecule has 0 aromatic carbocycles. The molecule has 11 nitrogen and oxygen atoms in total. The summed E-state index contributed by atoms with van der Waals surface area (Å²) in [5.41, 5.74) is 2.47. The molecule has 2 N–H and O–H groups in total. The quantitative estimate of drug-likeness (QED) is 0.585. The maximum absolute atomic E-state index is 12.5. The van der Waals surface area contributed by atoms with Crippen molar-refractivity contribution in [1.82, 2.24) is 29.7 Å². The Balaban J connectivity index is 1.08. The van der Waals surface area contributed by atoms with Gasteiger partial charge in [-0.05, 0) is 30.7 Å². The van der Waals surface area contributed by atoms with Crippen LogP contribution < -0.4 is 5.32 Å². The molecule has 1 amide bonds. The van der Waals surface area contributed by atoms with Crippen molar-refractivity contribution in [2.75, 3.05) is 32.1 Å². The first kappa shape index (κ1) is 20.4. The number of ether oxygens (including phenoxy) is 3. The van der Waals surface area contributed by atoms with Crippen LogP contribution in [0.15, 0.2) is 24.5 Å². The normalized spacial score (nSPS) is 26.4. The molecule has 1 saturated carbocycles. The van der Waals surface area contributed by atoms with Crippen molar-refractivity contribution in [2.45, 2.75) is 38.1 Å². The smallest absolute Gasteiger partial charge is 0.410 e. The highest BCUT2D eigenvalue weighted by Crippen LogP contribution is 2.40. The van der Waals surface area contributed by atoms with E-state index in [9.17, 15) is 4.79 Å². The standard InChI is InChI=1S/C22H27N7O4/c1-31-11-15-6-18-21(23-2-3-29(18)27-15)24-20-8-17(25-26-20)19-7-16(12-32-19)33-22(30)28-9-13-4-14(5-13)10-28/h2-3,6,8,13-14,16,19H,4-5,7,9-12H2,1H3,(H2,23,24,25,26)/t13?,14?,16-,19-/m1/s1. The molecule has 174 valence electrons. The van der Waals surface area contributed by atoms with Gasteiger partial charge in [-0.3, -0.25) is 5.10 Å². The van der Waals surface area contributed by atoms with Crippen molar-refractivity contribution in [2.24, 2.45) is 11.8 Å². The van der Waals surface area contributed by atoms with Gasteiger partial charge in [0.1, 0.15) is 17.7 Å². The predicted octanol–water partition coefficient (Wildman–Crippen LogP) is 2.65. The van der Waals surface area contributed by atoms with Crippen molar-refractivity contribution < 1.29 is 19.0 Å². The van der Waals surface area contributed by atoms with E-state index < -0.39 is 0 Å². The van der Waals surface area contributed by atoms with E-state index in [0.717, 1.165) is 30.0 Å². The third-order valence-electron chi connectivity index (χ3n) is 6.70. The Kier molecular flexibility index (Phi) is 5.14. The number of aromatic amines is 1. The van der Waals surface area contributed by atoms with Crippen LogP contribution in [-0.4, -0.2) is 68.7 Å². The predicted molar refractivity (Wildman–Crippen MR) is 117 cm³/mol. The summed E-state index contributed by atoms with van der Waals surface area (Å²) in [5, 5.41) is 15.1. The Labute approximate surface area is 190 Å². The Hall–Kier alpha value is -3.18. The van der Waals surface area contributed by atoms with Crippen LogP contribution in [0.5, 0.6) is 0 Å². The van der Waals surface area contributed by atoms with Crippen LogP contribution in [0, 0.1) is 11.8 Å². The fraction of sp³-hybridized carbons (Fsp3) is 0.545. The lowest BCUT2D eigenvalue weighted by Gasteiger charge is -2.46. The van der Waals surface area contributed by atoms with Gasteiger partial charge in [0.05, 0.1) is 24.6 Å². The molecular weight excluding hydrogens is 426 g/mol. The molecule has 2 atom stereocenters. The highest BCUT2D eigenvalue weighted by atomic mass is 16.6. The van der Waals surface area contributed by atoms with Crippen molar-refractivity contribution >= 4 is 23.2 Å². The summed E-state index contributed by atoms with van der Waals surface area (Å²) >= 11 is 0. The highest BCUT2D eigenvalue weighted by Gasteiger charge is 2.40. The number of nitrogens with zero attached hydrogens (tertiary/aromatic N) is 5. The summed E-state index contributed by atoms with van der Waals surface area (Å²) < 4.78 is 18.5.